The number of H-pyrrole nitrogens is 1. The summed E-state index contributed by atoms with van der Waals surface area (Å²) in [7, 11) is 0. The molecular formula is C24H21N3O. The number of hydrogen-bond donors (Lipinski definition) is 2. The van der Waals surface area contributed by atoms with Gasteiger partial charge in [0.1, 0.15) is 0 Å². The van der Waals surface area contributed by atoms with Crippen molar-refractivity contribution >= 4 is 23.0 Å². The van der Waals surface area contributed by atoms with Gasteiger partial charge in [-0.15, -0.1) is 0 Å². The Hall–Kier alpha value is -3.66. The van der Waals surface area contributed by atoms with E-state index >= 15 is 0 Å². The Morgan fingerprint density at radius 3 is 2.11 bits per heavy atom. The molecule has 28 heavy (non-hydrogen) atoms. The predicted octanol–water partition coefficient (Wildman–Crippen LogP) is 4.76. The van der Waals surface area contributed by atoms with E-state index in [9.17, 15) is 4.79 Å². The molecule has 1 heterocycles. The fraction of sp³-hybridized carbons (Fsp3) is 0.0833. The number of amides is 1. The van der Waals surface area contributed by atoms with Gasteiger partial charge in [0.25, 0.3) is 5.91 Å². The van der Waals surface area contributed by atoms with Gasteiger partial charge in [0.05, 0.1) is 12.1 Å². The summed E-state index contributed by atoms with van der Waals surface area (Å²) in [5, 5.41) is 5.34. The maximum absolute atomic E-state index is 13.0. The van der Waals surface area contributed by atoms with Crippen LogP contribution in [0.4, 0.5) is 0 Å². The zero-order chi connectivity index (χ0) is 19.3. The number of hydrazone groups is 1. The van der Waals surface area contributed by atoms with Crippen LogP contribution in [0.1, 0.15) is 28.3 Å². The van der Waals surface area contributed by atoms with Crippen molar-refractivity contribution in [2.75, 3.05) is 0 Å². The standard InChI is InChI=1S/C24H21N3O/c1-17-21(20-14-8-9-15-22(20)26-17)16-25-27-24(28)23(18-10-4-2-5-11-18)19-12-6-3-7-13-19/h2-16,23,26H,1H3,(H,27,28). The number of nitrogens with zero attached hydrogens (tertiary/aromatic N) is 1. The highest BCUT2D eigenvalue weighted by Gasteiger charge is 2.22. The topological polar surface area (TPSA) is 57.2 Å². The summed E-state index contributed by atoms with van der Waals surface area (Å²) in [6.45, 7) is 2.00. The first-order valence-electron chi connectivity index (χ1n) is 9.24. The molecule has 0 aliphatic rings. The summed E-state index contributed by atoms with van der Waals surface area (Å²) in [5.41, 5.74) is 7.65. The van der Waals surface area contributed by atoms with Gasteiger partial charge >= 0.3 is 0 Å². The average Bonchev–Trinajstić information content (AvgIpc) is 3.05. The molecule has 0 aliphatic carbocycles. The number of aryl methyl sites for hydroxylation is 1. The molecule has 0 unspecified atom stereocenters. The smallest absolute Gasteiger partial charge is 0.252 e. The summed E-state index contributed by atoms with van der Waals surface area (Å²) in [5.74, 6) is -0.574. The average molecular weight is 367 g/mol. The van der Waals surface area contributed by atoms with Crippen LogP contribution in [0, 0.1) is 6.92 Å². The molecule has 0 bridgehead atoms. The minimum atomic E-state index is -0.413. The summed E-state index contributed by atoms with van der Waals surface area (Å²) < 4.78 is 0. The van der Waals surface area contributed by atoms with E-state index in [1.807, 2.05) is 91.9 Å². The molecule has 0 saturated carbocycles. The van der Waals surface area contributed by atoms with E-state index in [-0.39, 0.29) is 5.91 Å². The molecule has 4 aromatic rings. The van der Waals surface area contributed by atoms with Gasteiger partial charge in [-0.25, -0.2) is 5.43 Å². The molecule has 1 amide bonds. The van der Waals surface area contributed by atoms with Crippen LogP contribution < -0.4 is 5.43 Å². The van der Waals surface area contributed by atoms with Crippen LogP contribution in [0.5, 0.6) is 0 Å². The third-order valence-electron chi connectivity index (χ3n) is 4.84. The van der Waals surface area contributed by atoms with Gasteiger partial charge in [0.15, 0.2) is 0 Å². The van der Waals surface area contributed by atoms with E-state index in [0.29, 0.717) is 0 Å². The highest BCUT2D eigenvalue weighted by molar-refractivity contribution is 6.01. The lowest BCUT2D eigenvalue weighted by atomic mass is 9.91. The molecule has 3 aromatic carbocycles. The van der Waals surface area contributed by atoms with Crippen molar-refractivity contribution in [1.82, 2.24) is 10.4 Å². The van der Waals surface area contributed by atoms with Gasteiger partial charge in [0, 0.05) is 22.2 Å². The number of carbonyl (C=O) groups excluding carboxylic acids is 1. The molecule has 0 fully saturated rings. The maximum Gasteiger partial charge on any atom is 0.252 e. The van der Waals surface area contributed by atoms with E-state index in [0.717, 1.165) is 33.3 Å². The number of benzene rings is 3. The minimum absolute atomic E-state index is 0.161. The van der Waals surface area contributed by atoms with Gasteiger partial charge in [0.2, 0.25) is 0 Å². The largest absolute Gasteiger partial charge is 0.358 e. The van der Waals surface area contributed by atoms with Crippen LogP contribution >= 0.6 is 0 Å². The molecule has 0 atom stereocenters. The van der Waals surface area contributed by atoms with Gasteiger partial charge in [-0.05, 0) is 24.1 Å². The Bertz CT molecular complexity index is 1080. The van der Waals surface area contributed by atoms with E-state index in [4.69, 9.17) is 0 Å². The summed E-state index contributed by atoms with van der Waals surface area (Å²) in [4.78, 5) is 16.3. The quantitative estimate of drug-likeness (QED) is 0.388. The van der Waals surface area contributed by atoms with Crippen LogP contribution in [0.3, 0.4) is 0 Å². The lowest BCUT2D eigenvalue weighted by Crippen LogP contribution is -2.26. The number of fused-ring (bicyclic) bond motifs is 1. The molecule has 138 valence electrons. The van der Waals surface area contributed by atoms with Crippen molar-refractivity contribution < 1.29 is 4.79 Å². The molecule has 4 nitrogen and oxygen atoms in total. The van der Waals surface area contributed by atoms with E-state index < -0.39 is 5.92 Å². The Morgan fingerprint density at radius 1 is 0.893 bits per heavy atom. The van der Waals surface area contributed by atoms with Crippen molar-refractivity contribution in [2.24, 2.45) is 5.10 Å². The van der Waals surface area contributed by atoms with Crippen LogP contribution in [0.25, 0.3) is 10.9 Å². The Balaban J connectivity index is 1.60. The zero-order valence-electron chi connectivity index (χ0n) is 15.6. The van der Waals surface area contributed by atoms with Gasteiger partial charge < -0.3 is 4.98 Å². The number of hydrogen-bond acceptors (Lipinski definition) is 2. The molecule has 0 spiro atoms. The maximum atomic E-state index is 13.0. The van der Waals surface area contributed by atoms with Gasteiger partial charge in [-0.1, -0.05) is 78.9 Å². The molecule has 0 radical (unpaired) electrons. The van der Waals surface area contributed by atoms with Crippen LogP contribution in [-0.2, 0) is 4.79 Å². The van der Waals surface area contributed by atoms with E-state index in [2.05, 4.69) is 15.5 Å². The number of nitrogens with one attached hydrogen (secondary N) is 2. The normalized spacial score (nSPS) is 11.4. The third kappa shape index (κ3) is 3.58. The third-order valence-corrected chi connectivity index (χ3v) is 4.84. The number of aromatic nitrogens is 1. The summed E-state index contributed by atoms with van der Waals surface area (Å²) in [6, 6.07) is 27.6. The van der Waals surface area contributed by atoms with E-state index in [1.54, 1.807) is 6.21 Å². The molecule has 0 aliphatic heterocycles. The highest BCUT2D eigenvalue weighted by Crippen LogP contribution is 2.25. The first-order valence-corrected chi connectivity index (χ1v) is 9.24. The number of aromatic amines is 1. The second-order valence-corrected chi connectivity index (χ2v) is 6.70. The SMILES string of the molecule is Cc1[nH]c2ccccc2c1C=NNC(=O)C(c1ccccc1)c1ccccc1. The molecule has 4 heteroatoms. The lowest BCUT2D eigenvalue weighted by Gasteiger charge is -2.16. The van der Waals surface area contributed by atoms with Crippen molar-refractivity contribution in [3.8, 4) is 0 Å². The van der Waals surface area contributed by atoms with Crippen molar-refractivity contribution in [3.63, 3.8) is 0 Å². The Labute approximate surface area is 163 Å². The minimum Gasteiger partial charge on any atom is -0.358 e. The van der Waals surface area contributed by atoms with E-state index in [1.165, 1.54) is 0 Å². The molecule has 4 rings (SSSR count). The van der Waals surface area contributed by atoms with Gasteiger partial charge in [-0.3, -0.25) is 4.79 Å². The Kier molecular flexibility index (Phi) is 5.02. The van der Waals surface area contributed by atoms with Crippen molar-refractivity contribution in [3.05, 3.63) is 107 Å². The van der Waals surface area contributed by atoms with Gasteiger partial charge in [-0.2, -0.15) is 5.10 Å². The number of rotatable bonds is 5. The zero-order valence-corrected chi connectivity index (χ0v) is 15.6. The lowest BCUT2D eigenvalue weighted by molar-refractivity contribution is -0.121. The second-order valence-electron chi connectivity index (χ2n) is 6.70. The van der Waals surface area contributed by atoms with Crippen LogP contribution in [-0.4, -0.2) is 17.1 Å². The van der Waals surface area contributed by atoms with Crippen LogP contribution in [0.15, 0.2) is 90.0 Å². The molecular weight excluding hydrogens is 346 g/mol. The van der Waals surface area contributed by atoms with Crippen LogP contribution in [0.2, 0.25) is 0 Å². The molecule has 2 N–H and O–H groups in total. The first-order chi connectivity index (χ1) is 13.7. The summed E-state index contributed by atoms with van der Waals surface area (Å²) in [6.07, 6.45) is 1.71. The fourth-order valence-electron chi connectivity index (χ4n) is 3.48. The van der Waals surface area contributed by atoms with Crippen molar-refractivity contribution in [2.45, 2.75) is 12.8 Å². The molecule has 1 aromatic heterocycles. The Morgan fingerprint density at radius 2 is 1.46 bits per heavy atom. The number of para-hydroxylation sites is 1. The second kappa shape index (κ2) is 7.92. The first kappa shape index (κ1) is 17.7. The van der Waals surface area contributed by atoms with Crippen molar-refractivity contribution in [1.29, 1.82) is 0 Å². The molecule has 0 saturated heterocycles. The fourth-order valence-corrected chi connectivity index (χ4v) is 3.48. The predicted molar refractivity (Wildman–Crippen MR) is 113 cm³/mol. The monoisotopic (exact) mass is 367 g/mol. The number of carbonyl (C=O) groups is 1. The highest BCUT2D eigenvalue weighted by atomic mass is 16.2. The summed E-state index contributed by atoms with van der Waals surface area (Å²) >= 11 is 0.